The summed E-state index contributed by atoms with van der Waals surface area (Å²) in [4.78, 5) is 19.7. The lowest BCUT2D eigenvalue weighted by Gasteiger charge is -2.05. The molecule has 0 aliphatic heterocycles. The van der Waals surface area contributed by atoms with E-state index >= 15 is 0 Å². The molecule has 6 nitrogen and oxygen atoms in total. The SMILES string of the molecule is CCOC(=O)CCCn1c(N)nc2cccnc21. The lowest BCUT2D eigenvalue weighted by molar-refractivity contribution is -0.143. The van der Waals surface area contributed by atoms with Crippen molar-refractivity contribution in [2.45, 2.75) is 26.3 Å². The largest absolute Gasteiger partial charge is 0.466 e. The number of nitrogens with two attached hydrogens (primary N) is 1. The van der Waals surface area contributed by atoms with Gasteiger partial charge in [0, 0.05) is 19.2 Å². The van der Waals surface area contributed by atoms with Crippen molar-refractivity contribution in [2.75, 3.05) is 12.3 Å². The highest BCUT2D eigenvalue weighted by Crippen LogP contribution is 2.15. The van der Waals surface area contributed by atoms with Crippen LogP contribution in [0.25, 0.3) is 11.2 Å². The Balaban J connectivity index is 2.03. The summed E-state index contributed by atoms with van der Waals surface area (Å²) in [6, 6.07) is 3.68. The van der Waals surface area contributed by atoms with Crippen LogP contribution in [0.3, 0.4) is 0 Å². The van der Waals surface area contributed by atoms with Crippen LogP contribution in [0.2, 0.25) is 0 Å². The normalized spacial score (nSPS) is 10.7. The van der Waals surface area contributed by atoms with Crippen LogP contribution in [0.1, 0.15) is 19.8 Å². The number of fused-ring (bicyclic) bond motifs is 1. The van der Waals surface area contributed by atoms with E-state index in [1.54, 1.807) is 13.1 Å². The Hall–Kier alpha value is -2.11. The molecule has 2 aromatic heterocycles. The molecule has 96 valence electrons. The highest BCUT2D eigenvalue weighted by molar-refractivity contribution is 5.73. The fourth-order valence-corrected chi connectivity index (χ4v) is 1.81. The van der Waals surface area contributed by atoms with Crippen molar-refractivity contribution < 1.29 is 9.53 Å². The second-order valence-electron chi connectivity index (χ2n) is 3.88. The highest BCUT2D eigenvalue weighted by atomic mass is 16.5. The second kappa shape index (κ2) is 5.48. The summed E-state index contributed by atoms with van der Waals surface area (Å²) in [6.07, 6.45) is 2.73. The van der Waals surface area contributed by atoms with Gasteiger partial charge in [-0.05, 0) is 25.5 Å². The average molecular weight is 248 g/mol. The van der Waals surface area contributed by atoms with Gasteiger partial charge in [0.1, 0.15) is 5.52 Å². The van der Waals surface area contributed by atoms with Crippen molar-refractivity contribution >= 4 is 23.1 Å². The third kappa shape index (κ3) is 2.58. The van der Waals surface area contributed by atoms with Crippen molar-refractivity contribution in [3.05, 3.63) is 18.3 Å². The van der Waals surface area contributed by atoms with Gasteiger partial charge in [-0.25, -0.2) is 9.97 Å². The Labute approximate surface area is 105 Å². The Morgan fingerprint density at radius 3 is 3.17 bits per heavy atom. The van der Waals surface area contributed by atoms with E-state index in [2.05, 4.69) is 9.97 Å². The number of nitrogens with zero attached hydrogens (tertiary/aromatic N) is 3. The number of hydrogen-bond acceptors (Lipinski definition) is 5. The van der Waals surface area contributed by atoms with Gasteiger partial charge in [0.15, 0.2) is 5.65 Å². The maximum absolute atomic E-state index is 11.2. The van der Waals surface area contributed by atoms with Crippen LogP contribution in [0, 0.1) is 0 Å². The van der Waals surface area contributed by atoms with Gasteiger partial charge in [-0.1, -0.05) is 0 Å². The number of rotatable bonds is 5. The molecule has 0 atom stereocenters. The predicted molar refractivity (Wildman–Crippen MR) is 67.8 cm³/mol. The number of ether oxygens (including phenoxy) is 1. The van der Waals surface area contributed by atoms with Crippen molar-refractivity contribution in [3.8, 4) is 0 Å². The molecule has 0 unspecified atom stereocenters. The smallest absolute Gasteiger partial charge is 0.305 e. The lowest BCUT2D eigenvalue weighted by Crippen LogP contribution is -2.08. The zero-order valence-electron chi connectivity index (χ0n) is 10.3. The second-order valence-corrected chi connectivity index (χ2v) is 3.88. The number of hydrogen-bond donors (Lipinski definition) is 1. The summed E-state index contributed by atoms with van der Waals surface area (Å²) in [7, 11) is 0. The van der Waals surface area contributed by atoms with Gasteiger partial charge in [-0.3, -0.25) is 9.36 Å². The van der Waals surface area contributed by atoms with E-state index < -0.39 is 0 Å². The zero-order valence-corrected chi connectivity index (χ0v) is 10.3. The zero-order chi connectivity index (χ0) is 13.0. The molecule has 0 spiro atoms. The third-order valence-electron chi connectivity index (χ3n) is 2.60. The Kier molecular flexibility index (Phi) is 3.76. The van der Waals surface area contributed by atoms with Crippen LogP contribution in [-0.4, -0.2) is 27.1 Å². The van der Waals surface area contributed by atoms with Crippen LogP contribution in [0.4, 0.5) is 5.95 Å². The van der Waals surface area contributed by atoms with Gasteiger partial charge in [-0.15, -0.1) is 0 Å². The number of carbonyl (C=O) groups excluding carboxylic acids is 1. The first-order chi connectivity index (χ1) is 8.72. The molecule has 2 rings (SSSR count). The fraction of sp³-hybridized carbons (Fsp3) is 0.417. The van der Waals surface area contributed by atoms with Crippen molar-refractivity contribution in [2.24, 2.45) is 0 Å². The number of imidazole rings is 1. The number of esters is 1. The van der Waals surface area contributed by atoms with E-state index in [0.29, 0.717) is 31.9 Å². The van der Waals surface area contributed by atoms with Gasteiger partial charge >= 0.3 is 5.97 Å². The predicted octanol–water partition coefficient (Wildman–Crippen LogP) is 1.36. The summed E-state index contributed by atoms with van der Waals surface area (Å²) in [5.74, 6) is 0.237. The monoisotopic (exact) mass is 248 g/mol. The van der Waals surface area contributed by atoms with E-state index in [4.69, 9.17) is 10.5 Å². The first kappa shape index (κ1) is 12.3. The molecule has 0 amide bonds. The molecule has 0 saturated heterocycles. The van der Waals surface area contributed by atoms with Crippen LogP contribution < -0.4 is 5.73 Å². The van der Waals surface area contributed by atoms with Crippen LogP contribution in [0.15, 0.2) is 18.3 Å². The Morgan fingerprint density at radius 2 is 2.39 bits per heavy atom. The van der Waals surface area contributed by atoms with E-state index in [0.717, 1.165) is 11.2 Å². The van der Waals surface area contributed by atoms with Crippen molar-refractivity contribution in [3.63, 3.8) is 0 Å². The molecule has 0 aliphatic carbocycles. The molecule has 0 saturated carbocycles. The van der Waals surface area contributed by atoms with E-state index in [9.17, 15) is 4.79 Å². The Morgan fingerprint density at radius 1 is 1.56 bits per heavy atom. The number of nitrogen functional groups attached to an aromatic ring is 1. The number of anilines is 1. The quantitative estimate of drug-likeness (QED) is 0.808. The standard InChI is InChI=1S/C12H16N4O2/c1-2-18-10(17)6-4-8-16-11-9(15-12(16)13)5-3-7-14-11/h3,5,7H,2,4,6,8H2,1H3,(H2,13,15). The van der Waals surface area contributed by atoms with Crippen LogP contribution in [0.5, 0.6) is 0 Å². The minimum atomic E-state index is -0.187. The molecule has 0 bridgehead atoms. The molecule has 18 heavy (non-hydrogen) atoms. The molecule has 2 aromatic rings. The van der Waals surface area contributed by atoms with Crippen LogP contribution >= 0.6 is 0 Å². The topological polar surface area (TPSA) is 83.0 Å². The summed E-state index contributed by atoms with van der Waals surface area (Å²) >= 11 is 0. The molecule has 0 aliphatic rings. The van der Waals surface area contributed by atoms with Gasteiger partial charge in [0.05, 0.1) is 6.61 Å². The summed E-state index contributed by atoms with van der Waals surface area (Å²) in [6.45, 7) is 2.82. The number of pyridine rings is 1. The van der Waals surface area contributed by atoms with Crippen molar-refractivity contribution in [1.82, 2.24) is 14.5 Å². The molecule has 6 heteroatoms. The molecule has 0 fully saturated rings. The highest BCUT2D eigenvalue weighted by Gasteiger charge is 2.09. The lowest BCUT2D eigenvalue weighted by atomic mass is 10.3. The van der Waals surface area contributed by atoms with Crippen molar-refractivity contribution in [1.29, 1.82) is 0 Å². The van der Waals surface area contributed by atoms with E-state index in [1.807, 2.05) is 16.7 Å². The summed E-state index contributed by atoms with van der Waals surface area (Å²) < 4.78 is 6.68. The molecular weight excluding hydrogens is 232 g/mol. The number of aryl methyl sites for hydroxylation is 1. The van der Waals surface area contributed by atoms with E-state index in [-0.39, 0.29) is 5.97 Å². The maximum Gasteiger partial charge on any atom is 0.305 e. The number of carbonyl (C=O) groups is 1. The average Bonchev–Trinajstić information content (AvgIpc) is 2.66. The molecule has 0 aromatic carbocycles. The molecular formula is C12H16N4O2. The van der Waals surface area contributed by atoms with E-state index in [1.165, 1.54) is 0 Å². The minimum absolute atomic E-state index is 0.187. The third-order valence-corrected chi connectivity index (χ3v) is 2.60. The fourth-order valence-electron chi connectivity index (χ4n) is 1.81. The first-order valence-electron chi connectivity index (χ1n) is 5.94. The van der Waals surface area contributed by atoms with Crippen LogP contribution in [-0.2, 0) is 16.1 Å². The molecule has 2 heterocycles. The van der Waals surface area contributed by atoms with Gasteiger partial charge < -0.3 is 10.5 Å². The van der Waals surface area contributed by atoms with Gasteiger partial charge in [0.25, 0.3) is 0 Å². The van der Waals surface area contributed by atoms with Gasteiger partial charge in [-0.2, -0.15) is 0 Å². The summed E-state index contributed by atoms with van der Waals surface area (Å²) in [5, 5.41) is 0. The Bertz CT molecular complexity index is 550. The van der Waals surface area contributed by atoms with Gasteiger partial charge in [0.2, 0.25) is 5.95 Å². The minimum Gasteiger partial charge on any atom is -0.466 e. The summed E-state index contributed by atoms with van der Waals surface area (Å²) in [5.41, 5.74) is 7.34. The molecule has 0 radical (unpaired) electrons. The number of aromatic nitrogens is 3. The molecule has 2 N–H and O–H groups in total. The first-order valence-corrected chi connectivity index (χ1v) is 5.94. The maximum atomic E-state index is 11.2.